The molecule has 6 heteroatoms. The molecule has 2 N–H and O–H groups in total. The van der Waals surface area contributed by atoms with Gasteiger partial charge in [-0.2, -0.15) is 0 Å². The number of aliphatic hydroxyl groups excluding tert-OH is 1. The van der Waals surface area contributed by atoms with Gasteiger partial charge in [-0.05, 0) is 84.9 Å². The first-order valence-corrected chi connectivity index (χ1v) is 11.4. The second-order valence-corrected chi connectivity index (χ2v) is 8.99. The van der Waals surface area contributed by atoms with E-state index in [9.17, 15) is 9.90 Å². The largest absolute Gasteiger partial charge is 0.491 e. The summed E-state index contributed by atoms with van der Waals surface area (Å²) in [5, 5.41) is 19.0. The fourth-order valence-corrected chi connectivity index (χ4v) is 4.51. The maximum atomic E-state index is 10.6. The molecule has 158 valence electrons. The number of hydrogen-bond donors (Lipinski definition) is 2. The van der Waals surface area contributed by atoms with Gasteiger partial charge in [0, 0.05) is 15.9 Å². The predicted octanol–water partition coefficient (Wildman–Crippen LogP) is 4.58. The van der Waals surface area contributed by atoms with Gasteiger partial charge >= 0.3 is 5.97 Å². The molecule has 1 aromatic rings. The molecule has 29 heavy (non-hydrogen) atoms. The fraction of sp³-hybridized carbons (Fsp3) is 0.522. The Balaban J connectivity index is 1.46. The summed E-state index contributed by atoms with van der Waals surface area (Å²) < 4.78 is 12.9. The lowest BCUT2D eigenvalue weighted by atomic mass is 9.77. The normalized spacial score (nSPS) is 27.1. The van der Waals surface area contributed by atoms with Crippen LogP contribution < -0.4 is 4.74 Å². The molecule has 3 rings (SSSR count). The molecule has 0 unspecified atom stereocenters. The van der Waals surface area contributed by atoms with Crippen molar-refractivity contribution in [2.45, 2.75) is 56.8 Å². The van der Waals surface area contributed by atoms with E-state index in [0.29, 0.717) is 24.4 Å². The minimum atomic E-state index is -0.741. The molecule has 0 amide bonds. The minimum absolute atomic E-state index is 0.217. The molecule has 0 aliphatic carbocycles. The Kier molecular flexibility index (Phi) is 8.56. The van der Waals surface area contributed by atoms with Crippen LogP contribution in [-0.4, -0.2) is 41.1 Å². The van der Waals surface area contributed by atoms with E-state index in [0.717, 1.165) is 35.0 Å². The Hall–Kier alpha value is -1.38. The van der Waals surface area contributed by atoms with Crippen LogP contribution >= 0.6 is 22.6 Å². The van der Waals surface area contributed by atoms with Gasteiger partial charge in [0.1, 0.15) is 18.5 Å². The molecule has 2 aliphatic rings. The van der Waals surface area contributed by atoms with E-state index < -0.39 is 12.1 Å². The second kappa shape index (κ2) is 11.1. The van der Waals surface area contributed by atoms with E-state index in [1.54, 1.807) is 0 Å². The zero-order valence-electron chi connectivity index (χ0n) is 16.5. The van der Waals surface area contributed by atoms with Crippen molar-refractivity contribution in [1.29, 1.82) is 0 Å². The highest BCUT2D eigenvalue weighted by Gasteiger charge is 2.46. The number of carbonyl (C=O) groups is 1. The highest BCUT2D eigenvalue weighted by Crippen LogP contribution is 2.45. The average molecular weight is 512 g/mol. The van der Waals surface area contributed by atoms with Crippen molar-refractivity contribution in [3.05, 3.63) is 52.1 Å². The quantitative estimate of drug-likeness (QED) is 0.258. The van der Waals surface area contributed by atoms with E-state index in [2.05, 4.69) is 40.8 Å². The summed E-state index contributed by atoms with van der Waals surface area (Å²) in [5.74, 6) is 0.747. The SMILES string of the molecule is O=C(O)CCC/C=C\C[C@H]1[C@@H](/C=C/[C@H](O)COc2ccc(I)cc2)[C@H]2CC[C@@H]1O2. The monoisotopic (exact) mass is 512 g/mol. The van der Waals surface area contributed by atoms with Gasteiger partial charge in [-0.15, -0.1) is 0 Å². The predicted molar refractivity (Wildman–Crippen MR) is 120 cm³/mol. The van der Waals surface area contributed by atoms with E-state index >= 15 is 0 Å². The molecule has 0 spiro atoms. The summed E-state index contributed by atoms with van der Waals surface area (Å²) in [6.07, 6.45) is 12.9. The van der Waals surface area contributed by atoms with E-state index in [1.807, 2.05) is 30.3 Å². The maximum Gasteiger partial charge on any atom is 0.303 e. The Morgan fingerprint density at radius 3 is 2.76 bits per heavy atom. The molecule has 2 saturated heterocycles. The number of aliphatic hydroxyl groups is 1. The van der Waals surface area contributed by atoms with Gasteiger partial charge < -0.3 is 19.7 Å². The van der Waals surface area contributed by atoms with Crippen molar-refractivity contribution < 1.29 is 24.5 Å². The van der Waals surface area contributed by atoms with E-state index in [1.165, 1.54) is 0 Å². The van der Waals surface area contributed by atoms with Crippen LogP contribution in [0.5, 0.6) is 5.75 Å². The number of halogens is 1. The first-order chi connectivity index (χ1) is 14.0. The number of allylic oxidation sites excluding steroid dienone is 2. The van der Waals surface area contributed by atoms with E-state index in [-0.39, 0.29) is 19.1 Å². The van der Waals surface area contributed by atoms with Crippen LogP contribution in [0.1, 0.15) is 38.5 Å². The van der Waals surface area contributed by atoms with Gasteiger partial charge in [0.05, 0.1) is 12.2 Å². The lowest BCUT2D eigenvalue weighted by molar-refractivity contribution is -0.137. The van der Waals surface area contributed by atoms with Gasteiger partial charge in [-0.3, -0.25) is 4.79 Å². The summed E-state index contributed by atoms with van der Waals surface area (Å²) in [5.41, 5.74) is 0. The topological polar surface area (TPSA) is 76.0 Å². The third-order valence-corrected chi connectivity index (χ3v) is 6.33. The number of carboxylic acid groups (broad SMARTS) is 1. The van der Waals surface area contributed by atoms with Crippen LogP contribution in [0.4, 0.5) is 0 Å². The summed E-state index contributed by atoms with van der Waals surface area (Å²) in [6.45, 7) is 0.229. The molecular weight excluding hydrogens is 483 g/mol. The number of benzene rings is 1. The average Bonchev–Trinajstić information content (AvgIpc) is 3.30. The smallest absolute Gasteiger partial charge is 0.303 e. The van der Waals surface area contributed by atoms with Crippen molar-refractivity contribution in [2.75, 3.05) is 6.61 Å². The Bertz CT molecular complexity index is 714. The Labute approximate surface area is 185 Å². The molecule has 1 aromatic carbocycles. The maximum absolute atomic E-state index is 10.6. The first-order valence-electron chi connectivity index (χ1n) is 10.3. The summed E-state index contributed by atoms with van der Waals surface area (Å²) >= 11 is 2.25. The Morgan fingerprint density at radius 1 is 1.24 bits per heavy atom. The van der Waals surface area contributed by atoms with Crippen LogP contribution in [0.3, 0.4) is 0 Å². The standard InChI is InChI=1S/C23H29IO5/c24-16-7-10-18(11-8-16)28-15-17(25)9-12-20-19(21-13-14-22(20)29-21)5-3-1-2-4-6-23(26)27/h1,3,7-12,17,19-22,25H,2,4-6,13-15H2,(H,26,27)/b3-1-,12-9+/t17-,19-,20+,21-,22+/m0/s1. The highest BCUT2D eigenvalue weighted by molar-refractivity contribution is 14.1. The van der Waals surface area contributed by atoms with Crippen LogP contribution in [0.2, 0.25) is 0 Å². The highest BCUT2D eigenvalue weighted by atomic mass is 127. The van der Waals surface area contributed by atoms with Crippen molar-refractivity contribution in [1.82, 2.24) is 0 Å². The molecule has 0 aromatic heterocycles. The number of aliphatic carboxylic acids is 1. The fourth-order valence-electron chi connectivity index (χ4n) is 4.15. The van der Waals surface area contributed by atoms with Gasteiger partial charge in [0.2, 0.25) is 0 Å². The number of rotatable bonds is 11. The van der Waals surface area contributed by atoms with Crippen LogP contribution in [0.15, 0.2) is 48.6 Å². The van der Waals surface area contributed by atoms with Crippen molar-refractivity contribution in [2.24, 2.45) is 11.8 Å². The van der Waals surface area contributed by atoms with Crippen molar-refractivity contribution in [3.63, 3.8) is 0 Å². The van der Waals surface area contributed by atoms with Crippen LogP contribution in [0.25, 0.3) is 0 Å². The summed E-state index contributed by atoms with van der Waals surface area (Å²) in [6, 6.07) is 7.76. The summed E-state index contributed by atoms with van der Waals surface area (Å²) in [7, 11) is 0. The van der Waals surface area contributed by atoms with Gasteiger partial charge in [0.15, 0.2) is 0 Å². The lowest BCUT2D eigenvalue weighted by Crippen LogP contribution is -2.26. The lowest BCUT2D eigenvalue weighted by Gasteiger charge is -2.25. The number of hydrogen-bond acceptors (Lipinski definition) is 4. The van der Waals surface area contributed by atoms with Gasteiger partial charge in [-0.1, -0.05) is 24.3 Å². The molecule has 5 nitrogen and oxygen atoms in total. The molecule has 2 fully saturated rings. The van der Waals surface area contributed by atoms with Gasteiger partial charge in [0.25, 0.3) is 0 Å². The molecule has 2 bridgehead atoms. The van der Waals surface area contributed by atoms with Crippen LogP contribution in [0, 0.1) is 15.4 Å². The van der Waals surface area contributed by atoms with Gasteiger partial charge in [-0.25, -0.2) is 0 Å². The summed E-state index contributed by atoms with van der Waals surface area (Å²) in [4.78, 5) is 10.6. The number of fused-ring (bicyclic) bond motifs is 2. The van der Waals surface area contributed by atoms with E-state index in [4.69, 9.17) is 14.6 Å². The zero-order chi connectivity index (χ0) is 20.6. The molecule has 2 heterocycles. The first kappa shape index (κ1) is 22.3. The van der Waals surface area contributed by atoms with Crippen molar-refractivity contribution >= 4 is 28.6 Å². The molecular formula is C23H29IO5. The second-order valence-electron chi connectivity index (χ2n) is 7.74. The van der Waals surface area contributed by atoms with Crippen molar-refractivity contribution in [3.8, 4) is 5.75 Å². The molecule has 5 atom stereocenters. The molecule has 0 radical (unpaired) electrons. The number of carboxylic acids is 1. The third kappa shape index (κ3) is 6.83. The Morgan fingerprint density at radius 2 is 2.00 bits per heavy atom. The number of unbranched alkanes of at least 4 members (excludes halogenated alkanes) is 1. The zero-order valence-corrected chi connectivity index (χ0v) is 18.6. The third-order valence-electron chi connectivity index (χ3n) is 5.61. The molecule has 2 aliphatic heterocycles. The minimum Gasteiger partial charge on any atom is -0.491 e. The molecule has 0 saturated carbocycles. The number of ether oxygens (including phenoxy) is 2. The van der Waals surface area contributed by atoms with Crippen LogP contribution in [-0.2, 0) is 9.53 Å².